The number of amides is 1. The third kappa shape index (κ3) is 4.69. The fourth-order valence-electron chi connectivity index (χ4n) is 1.95. The highest BCUT2D eigenvalue weighted by Crippen LogP contribution is 2.38. The first kappa shape index (κ1) is 18.7. The van der Waals surface area contributed by atoms with Gasteiger partial charge in [0.15, 0.2) is 12.2 Å². The second-order valence-electron chi connectivity index (χ2n) is 5.44. The van der Waals surface area contributed by atoms with Crippen LogP contribution < -0.4 is 10.1 Å². The van der Waals surface area contributed by atoms with Gasteiger partial charge in [-0.3, -0.25) is 4.79 Å². The fraction of sp³-hybridized carbons (Fsp3) is 0.235. The van der Waals surface area contributed by atoms with Crippen LogP contribution in [-0.2, 0) is 10.4 Å². The first-order valence-corrected chi connectivity index (χ1v) is 7.17. The number of ether oxygens (including phenoxy) is 1. The zero-order chi connectivity index (χ0) is 18.7. The minimum atomic E-state index is -4.82. The Morgan fingerprint density at radius 3 is 2.36 bits per heavy atom. The molecule has 2 rings (SSSR count). The van der Waals surface area contributed by atoms with Crippen molar-refractivity contribution in [1.29, 1.82) is 0 Å². The summed E-state index contributed by atoms with van der Waals surface area (Å²) in [4.78, 5) is 11.7. The van der Waals surface area contributed by atoms with Crippen LogP contribution in [-0.4, -0.2) is 23.8 Å². The van der Waals surface area contributed by atoms with Crippen LogP contribution in [0.25, 0.3) is 0 Å². The Balaban J connectivity index is 1.94. The third-order valence-electron chi connectivity index (χ3n) is 3.45. The summed E-state index contributed by atoms with van der Waals surface area (Å²) in [6.07, 6.45) is -4.82. The number of alkyl halides is 3. The lowest BCUT2D eigenvalue weighted by Gasteiger charge is -2.26. The van der Waals surface area contributed by atoms with E-state index in [1.54, 1.807) is 0 Å². The number of aliphatic hydroxyl groups is 1. The maximum absolute atomic E-state index is 13.0. The van der Waals surface area contributed by atoms with Crippen molar-refractivity contribution in [2.24, 2.45) is 0 Å². The van der Waals surface area contributed by atoms with E-state index in [9.17, 15) is 27.5 Å². The number of hydrogen-bond donors (Lipinski definition) is 2. The van der Waals surface area contributed by atoms with Crippen LogP contribution in [0.15, 0.2) is 48.5 Å². The van der Waals surface area contributed by atoms with Crippen LogP contribution >= 0.6 is 0 Å². The second kappa shape index (κ2) is 7.10. The van der Waals surface area contributed by atoms with E-state index in [1.807, 2.05) is 0 Å². The second-order valence-corrected chi connectivity index (χ2v) is 5.44. The highest BCUT2D eigenvalue weighted by Gasteiger charge is 2.51. The molecule has 0 aromatic heterocycles. The number of benzene rings is 2. The Morgan fingerprint density at radius 2 is 1.80 bits per heavy atom. The highest BCUT2D eigenvalue weighted by atomic mass is 19.4. The van der Waals surface area contributed by atoms with Crippen molar-refractivity contribution in [3.8, 4) is 5.75 Å². The van der Waals surface area contributed by atoms with Crippen molar-refractivity contribution in [2.45, 2.75) is 18.7 Å². The number of anilines is 1. The quantitative estimate of drug-likeness (QED) is 0.804. The van der Waals surface area contributed by atoms with Gasteiger partial charge in [-0.2, -0.15) is 13.2 Å². The van der Waals surface area contributed by atoms with Gasteiger partial charge in [0.05, 0.1) is 0 Å². The standard InChI is InChI=1S/C17H15F4NO3/c1-16(24,17(19,20)21)11-5-7-14(8-6-11)25-10-15(23)22-13-4-2-3-12(18)9-13/h2-9,24H,10H2,1H3,(H,22,23)/t16-/m1/s1. The van der Waals surface area contributed by atoms with Gasteiger partial charge in [-0.25, -0.2) is 4.39 Å². The van der Waals surface area contributed by atoms with Gasteiger partial charge in [0.1, 0.15) is 11.6 Å². The topological polar surface area (TPSA) is 58.6 Å². The third-order valence-corrected chi connectivity index (χ3v) is 3.45. The van der Waals surface area contributed by atoms with E-state index in [-0.39, 0.29) is 17.0 Å². The lowest BCUT2D eigenvalue weighted by Crippen LogP contribution is -2.39. The van der Waals surface area contributed by atoms with Crippen LogP contribution in [0.3, 0.4) is 0 Å². The number of carbonyl (C=O) groups excluding carboxylic acids is 1. The molecule has 134 valence electrons. The fourth-order valence-corrected chi connectivity index (χ4v) is 1.95. The van der Waals surface area contributed by atoms with Gasteiger partial charge in [0.25, 0.3) is 5.91 Å². The van der Waals surface area contributed by atoms with E-state index in [0.29, 0.717) is 6.92 Å². The molecule has 2 N–H and O–H groups in total. The molecule has 0 aliphatic rings. The summed E-state index contributed by atoms with van der Waals surface area (Å²) >= 11 is 0. The van der Waals surface area contributed by atoms with E-state index in [1.165, 1.54) is 30.3 Å². The molecule has 0 aliphatic heterocycles. The smallest absolute Gasteiger partial charge is 0.421 e. The van der Waals surface area contributed by atoms with E-state index in [2.05, 4.69) is 5.32 Å². The minimum Gasteiger partial charge on any atom is -0.484 e. The number of hydrogen-bond acceptors (Lipinski definition) is 3. The predicted molar refractivity (Wildman–Crippen MR) is 82.6 cm³/mol. The Bertz CT molecular complexity index is 742. The van der Waals surface area contributed by atoms with E-state index < -0.39 is 30.1 Å². The molecular weight excluding hydrogens is 342 g/mol. The molecule has 0 spiro atoms. The summed E-state index contributed by atoms with van der Waals surface area (Å²) < 4.78 is 56.4. The zero-order valence-corrected chi connectivity index (χ0v) is 13.1. The molecule has 8 heteroatoms. The summed E-state index contributed by atoms with van der Waals surface area (Å²) in [5.74, 6) is -0.917. The monoisotopic (exact) mass is 357 g/mol. The summed E-state index contributed by atoms with van der Waals surface area (Å²) in [6, 6.07) is 9.83. The molecule has 2 aromatic carbocycles. The maximum atomic E-state index is 13.0. The van der Waals surface area contributed by atoms with Gasteiger partial charge in [-0.1, -0.05) is 18.2 Å². The minimum absolute atomic E-state index is 0.149. The van der Waals surface area contributed by atoms with Crippen molar-refractivity contribution in [3.63, 3.8) is 0 Å². The SMILES string of the molecule is C[C@@](O)(c1ccc(OCC(=O)Nc2cccc(F)c2)cc1)C(F)(F)F. The van der Waals surface area contributed by atoms with E-state index >= 15 is 0 Å². The molecule has 0 aliphatic carbocycles. The van der Waals surface area contributed by atoms with Gasteiger partial charge in [-0.15, -0.1) is 0 Å². The van der Waals surface area contributed by atoms with Gasteiger partial charge < -0.3 is 15.2 Å². The molecule has 0 radical (unpaired) electrons. The molecule has 0 fully saturated rings. The van der Waals surface area contributed by atoms with Crippen molar-refractivity contribution in [3.05, 3.63) is 59.9 Å². The van der Waals surface area contributed by atoms with Crippen LogP contribution in [0.1, 0.15) is 12.5 Å². The Hall–Kier alpha value is -2.61. The van der Waals surface area contributed by atoms with Crippen LogP contribution in [0, 0.1) is 5.82 Å². The van der Waals surface area contributed by atoms with E-state index in [4.69, 9.17) is 4.74 Å². The molecule has 2 aromatic rings. The summed E-state index contributed by atoms with van der Waals surface area (Å²) in [5.41, 5.74) is -3.08. The van der Waals surface area contributed by atoms with Gasteiger partial charge >= 0.3 is 6.18 Å². The van der Waals surface area contributed by atoms with E-state index in [0.717, 1.165) is 18.2 Å². The number of halogens is 4. The van der Waals surface area contributed by atoms with Crippen LogP contribution in [0.2, 0.25) is 0 Å². The molecule has 0 saturated heterocycles. The van der Waals surface area contributed by atoms with Crippen LogP contribution in [0.4, 0.5) is 23.2 Å². The number of carbonyl (C=O) groups is 1. The summed E-state index contributed by atoms with van der Waals surface area (Å²) in [5, 5.41) is 12.0. The normalized spacial score (nSPS) is 13.8. The molecule has 4 nitrogen and oxygen atoms in total. The first-order chi connectivity index (χ1) is 11.6. The van der Waals surface area contributed by atoms with Gasteiger partial charge in [0, 0.05) is 5.69 Å². The highest BCUT2D eigenvalue weighted by molar-refractivity contribution is 5.91. The molecule has 1 atom stereocenters. The average Bonchev–Trinajstić information content (AvgIpc) is 2.52. The average molecular weight is 357 g/mol. The number of rotatable bonds is 5. The Labute approximate surface area is 141 Å². The Morgan fingerprint density at radius 1 is 1.16 bits per heavy atom. The molecule has 25 heavy (non-hydrogen) atoms. The van der Waals surface area contributed by atoms with Crippen molar-refractivity contribution < 1.29 is 32.2 Å². The van der Waals surface area contributed by atoms with Gasteiger partial charge in [0.2, 0.25) is 0 Å². The lowest BCUT2D eigenvalue weighted by molar-refractivity contribution is -0.258. The number of nitrogens with one attached hydrogen (secondary N) is 1. The van der Waals surface area contributed by atoms with Crippen molar-refractivity contribution >= 4 is 11.6 Å². The predicted octanol–water partition coefficient (Wildman–Crippen LogP) is 3.61. The van der Waals surface area contributed by atoms with Gasteiger partial charge in [-0.05, 0) is 42.8 Å². The first-order valence-electron chi connectivity index (χ1n) is 7.17. The summed E-state index contributed by atoms with van der Waals surface area (Å²) in [7, 11) is 0. The molecule has 1 amide bonds. The van der Waals surface area contributed by atoms with Crippen molar-refractivity contribution in [2.75, 3.05) is 11.9 Å². The molecule has 0 saturated carbocycles. The van der Waals surface area contributed by atoms with Crippen molar-refractivity contribution in [1.82, 2.24) is 0 Å². The molecule has 0 unspecified atom stereocenters. The molecule has 0 heterocycles. The molecule has 0 bridgehead atoms. The summed E-state index contributed by atoms with van der Waals surface area (Å²) in [6.45, 7) is 0.237. The Kier molecular flexibility index (Phi) is 5.32. The lowest BCUT2D eigenvalue weighted by atomic mass is 9.95. The zero-order valence-electron chi connectivity index (χ0n) is 13.1. The largest absolute Gasteiger partial charge is 0.484 e. The van der Waals surface area contributed by atoms with Crippen LogP contribution in [0.5, 0.6) is 5.75 Å². The maximum Gasteiger partial charge on any atom is 0.421 e. The molecular formula is C17H15F4NO3.